The lowest BCUT2D eigenvalue weighted by atomic mass is 9.89. The number of ketones is 1. The molecular formula is C41H67N7O10S. The number of Topliss-reactive ketones (excluding diaryl/α,β-unsaturated/α-hetero) is 1. The summed E-state index contributed by atoms with van der Waals surface area (Å²) in [6.45, 7) is 12.8. The van der Waals surface area contributed by atoms with Crippen molar-refractivity contribution in [2.24, 2.45) is 23.7 Å². The van der Waals surface area contributed by atoms with Crippen LogP contribution >= 0.6 is 0 Å². The molecule has 0 unspecified atom stereocenters. The van der Waals surface area contributed by atoms with Crippen molar-refractivity contribution in [1.29, 1.82) is 0 Å². The number of aromatic nitrogens is 1. The van der Waals surface area contributed by atoms with E-state index >= 15 is 0 Å². The van der Waals surface area contributed by atoms with Crippen molar-refractivity contribution >= 4 is 45.3 Å². The summed E-state index contributed by atoms with van der Waals surface area (Å²) in [5.41, 5.74) is 0.444. The van der Waals surface area contributed by atoms with Gasteiger partial charge in [0.25, 0.3) is 5.91 Å². The van der Waals surface area contributed by atoms with E-state index in [2.05, 4.69) is 25.7 Å². The molecule has 1 saturated heterocycles. The van der Waals surface area contributed by atoms with Crippen molar-refractivity contribution in [2.75, 3.05) is 34.9 Å². The molecule has 3 rings (SSSR count). The summed E-state index contributed by atoms with van der Waals surface area (Å²) in [4.78, 5) is 89.1. The molecule has 2 fully saturated rings. The van der Waals surface area contributed by atoms with Gasteiger partial charge in [0, 0.05) is 46.0 Å². The summed E-state index contributed by atoms with van der Waals surface area (Å²) in [7, 11) is 2.23. The van der Waals surface area contributed by atoms with Gasteiger partial charge >= 0.3 is 0 Å². The van der Waals surface area contributed by atoms with Gasteiger partial charge in [-0.25, -0.2) is 8.42 Å². The number of carbonyl (C=O) groups is 6. The molecule has 332 valence electrons. The van der Waals surface area contributed by atoms with Gasteiger partial charge in [0.15, 0.2) is 5.78 Å². The molecule has 0 spiro atoms. The summed E-state index contributed by atoms with van der Waals surface area (Å²) in [6.07, 6.45) is 0.820. The van der Waals surface area contributed by atoms with E-state index in [1.165, 1.54) is 25.3 Å². The van der Waals surface area contributed by atoms with Crippen LogP contribution in [-0.2, 0) is 54.7 Å². The van der Waals surface area contributed by atoms with Crippen LogP contribution in [0.25, 0.3) is 0 Å². The maximum absolute atomic E-state index is 14.3. The van der Waals surface area contributed by atoms with E-state index in [0.29, 0.717) is 25.0 Å². The SMILES string of the molecule is CC[C@H](C)[C@@H]([C@@H](CC(=O)N1CC(=O)C[C@H]1[C@H](OC)[C@@H](C)C(=O)N[C@@H](Cc1ccccn1)C(=O)NS(=O)(=O)C1CC1)OC)N(C)C(=O)[C@@H](NC(=O)[C@@H](NC)C(C)C)C(C)C. The third-order valence-electron chi connectivity index (χ3n) is 11.6. The second-order valence-corrected chi connectivity index (χ2v) is 18.6. The molecule has 1 aromatic heterocycles. The average molecular weight is 850 g/mol. The number of nitrogens with one attached hydrogen (secondary N) is 4. The summed E-state index contributed by atoms with van der Waals surface area (Å²) in [5, 5.41) is 7.95. The summed E-state index contributed by atoms with van der Waals surface area (Å²) in [5.74, 6) is -4.32. The molecule has 2 aliphatic rings. The largest absolute Gasteiger partial charge is 0.379 e. The molecule has 2 heterocycles. The Morgan fingerprint density at radius 2 is 1.58 bits per heavy atom. The molecule has 18 heteroatoms. The quantitative estimate of drug-likeness (QED) is 0.122. The van der Waals surface area contributed by atoms with Crippen LogP contribution in [0.3, 0.4) is 0 Å². The standard InChI is InChI=1S/C41H67N7O10S/c1-12-25(6)36(47(9)41(54)35(24(4)5)45-40(53)34(42-8)23(2)3)32(57-10)21-33(50)48-22-28(49)20-31(48)37(58-11)26(7)38(51)44-30(19-27-15-13-14-18-43-27)39(52)46-59(55,56)29-16-17-29/h13-15,18,23-26,29-32,34-37,42H,12,16-17,19-22H2,1-11H3,(H,44,51)(H,45,53)(H,46,52)/t25-,26+,30-,31-,32+,34-,35-,36-,37+/m0/s1. The molecule has 0 bridgehead atoms. The maximum atomic E-state index is 14.3. The Morgan fingerprint density at radius 3 is 2.08 bits per heavy atom. The molecule has 1 aliphatic heterocycles. The number of likely N-dealkylation sites (tertiary alicyclic amines) is 1. The monoisotopic (exact) mass is 849 g/mol. The number of amides is 5. The van der Waals surface area contributed by atoms with Crippen molar-refractivity contribution in [1.82, 2.24) is 35.5 Å². The lowest BCUT2D eigenvalue weighted by molar-refractivity contribution is -0.148. The molecule has 0 aromatic carbocycles. The number of pyridine rings is 1. The van der Waals surface area contributed by atoms with E-state index in [0.717, 1.165) is 0 Å². The second-order valence-electron chi connectivity index (χ2n) is 16.7. The minimum atomic E-state index is -3.92. The van der Waals surface area contributed by atoms with Gasteiger partial charge in [0.2, 0.25) is 33.7 Å². The number of likely N-dealkylation sites (N-methyl/N-ethyl adjacent to an activating group) is 2. The topological polar surface area (TPSA) is 223 Å². The number of hydrogen-bond acceptors (Lipinski definition) is 12. The number of nitrogens with zero attached hydrogens (tertiary/aromatic N) is 3. The van der Waals surface area contributed by atoms with Gasteiger partial charge in [0.05, 0.1) is 54.5 Å². The number of methoxy groups -OCH3 is 2. The Bertz CT molecular complexity index is 1730. The number of sulfonamides is 1. The van der Waals surface area contributed by atoms with Crippen molar-refractivity contribution in [2.45, 2.75) is 135 Å². The lowest BCUT2D eigenvalue weighted by Gasteiger charge is -2.41. The Morgan fingerprint density at radius 1 is 0.932 bits per heavy atom. The summed E-state index contributed by atoms with van der Waals surface area (Å²) >= 11 is 0. The van der Waals surface area contributed by atoms with Crippen LogP contribution in [0.5, 0.6) is 0 Å². The molecule has 5 amide bonds. The van der Waals surface area contributed by atoms with Gasteiger partial charge in [-0.2, -0.15) is 0 Å². The molecule has 0 radical (unpaired) electrons. The van der Waals surface area contributed by atoms with E-state index in [1.54, 1.807) is 44.1 Å². The Balaban J connectivity index is 1.83. The average Bonchev–Trinajstić information content (AvgIpc) is 3.99. The van der Waals surface area contributed by atoms with Crippen LogP contribution in [0.4, 0.5) is 0 Å². The fraction of sp³-hybridized carbons (Fsp3) is 0.732. The number of carbonyl (C=O) groups excluding carboxylic acids is 6. The van der Waals surface area contributed by atoms with Gasteiger partial charge in [0.1, 0.15) is 12.1 Å². The Kier molecular flexibility index (Phi) is 18.4. The third-order valence-corrected chi connectivity index (χ3v) is 13.4. The maximum Gasteiger partial charge on any atom is 0.256 e. The highest BCUT2D eigenvalue weighted by molar-refractivity contribution is 7.90. The van der Waals surface area contributed by atoms with Crippen LogP contribution in [-0.4, -0.2) is 141 Å². The number of rotatable bonds is 23. The number of hydrogen-bond donors (Lipinski definition) is 4. The van der Waals surface area contributed by atoms with E-state index in [9.17, 15) is 37.2 Å². The summed E-state index contributed by atoms with van der Waals surface area (Å²) in [6, 6.07) is 0.912. The zero-order valence-electron chi connectivity index (χ0n) is 36.5. The van der Waals surface area contributed by atoms with E-state index in [4.69, 9.17) is 9.47 Å². The van der Waals surface area contributed by atoms with Crippen molar-refractivity contribution in [3.05, 3.63) is 30.1 Å². The first-order chi connectivity index (χ1) is 27.7. The molecule has 17 nitrogen and oxygen atoms in total. The smallest absolute Gasteiger partial charge is 0.256 e. The van der Waals surface area contributed by atoms with Crippen LogP contribution in [0.15, 0.2) is 24.4 Å². The highest BCUT2D eigenvalue weighted by atomic mass is 32.2. The minimum absolute atomic E-state index is 0.0212. The molecule has 9 atom stereocenters. The fourth-order valence-corrected chi connectivity index (χ4v) is 9.15. The van der Waals surface area contributed by atoms with Crippen molar-refractivity contribution < 1.29 is 46.7 Å². The molecule has 59 heavy (non-hydrogen) atoms. The van der Waals surface area contributed by atoms with E-state index < -0.39 is 81.3 Å². The zero-order chi connectivity index (χ0) is 44.4. The molecule has 4 N–H and O–H groups in total. The van der Waals surface area contributed by atoms with Gasteiger partial charge in [-0.1, -0.05) is 61.0 Å². The normalized spacial score (nSPS) is 19.9. The summed E-state index contributed by atoms with van der Waals surface area (Å²) < 4.78 is 39.2. The van der Waals surface area contributed by atoms with Crippen LogP contribution in [0, 0.1) is 23.7 Å². The van der Waals surface area contributed by atoms with Crippen molar-refractivity contribution in [3.8, 4) is 0 Å². The van der Waals surface area contributed by atoms with Gasteiger partial charge < -0.3 is 35.2 Å². The second kappa shape index (κ2) is 22.0. The van der Waals surface area contributed by atoms with E-state index in [1.807, 2.05) is 41.5 Å². The highest BCUT2D eigenvalue weighted by Crippen LogP contribution is 2.30. The lowest BCUT2D eigenvalue weighted by Crippen LogP contribution is -2.59. The predicted octanol–water partition coefficient (Wildman–Crippen LogP) is 1.20. The first kappa shape index (κ1) is 49.4. The van der Waals surface area contributed by atoms with E-state index in [-0.39, 0.29) is 61.2 Å². The Hall–Kier alpha value is -4.00. The molecule has 1 aliphatic carbocycles. The van der Waals surface area contributed by atoms with Crippen LogP contribution in [0.2, 0.25) is 0 Å². The molecular weight excluding hydrogens is 783 g/mol. The van der Waals surface area contributed by atoms with Crippen molar-refractivity contribution in [3.63, 3.8) is 0 Å². The molecule has 1 aromatic rings. The fourth-order valence-electron chi connectivity index (χ4n) is 7.80. The third kappa shape index (κ3) is 13.0. The first-order valence-corrected chi connectivity index (χ1v) is 22.1. The van der Waals surface area contributed by atoms with Gasteiger partial charge in [-0.3, -0.25) is 38.5 Å². The number of ether oxygens (including phenoxy) is 2. The first-order valence-electron chi connectivity index (χ1n) is 20.6. The Labute approximate surface area is 349 Å². The van der Waals surface area contributed by atoms with Crippen LogP contribution < -0.4 is 20.7 Å². The van der Waals surface area contributed by atoms with Gasteiger partial charge in [-0.05, 0) is 49.8 Å². The van der Waals surface area contributed by atoms with Crippen LogP contribution in [0.1, 0.15) is 86.3 Å². The minimum Gasteiger partial charge on any atom is -0.379 e. The highest BCUT2D eigenvalue weighted by Gasteiger charge is 2.46. The predicted molar refractivity (Wildman–Crippen MR) is 221 cm³/mol. The van der Waals surface area contributed by atoms with Gasteiger partial charge in [-0.15, -0.1) is 0 Å². The molecule has 1 saturated carbocycles. The zero-order valence-corrected chi connectivity index (χ0v) is 37.3.